The van der Waals surface area contributed by atoms with Gasteiger partial charge in [0.05, 0.1) is 13.0 Å². The predicted molar refractivity (Wildman–Crippen MR) is 99.0 cm³/mol. The molecular weight excluding hydrogens is 358 g/mol. The molecule has 3 rings (SSSR count). The van der Waals surface area contributed by atoms with Gasteiger partial charge in [0.15, 0.2) is 0 Å². The summed E-state index contributed by atoms with van der Waals surface area (Å²) < 4.78 is 5.14. The molecule has 1 amide bonds. The van der Waals surface area contributed by atoms with Gasteiger partial charge in [0, 0.05) is 5.75 Å². The third-order valence-corrected chi connectivity index (χ3v) is 4.79. The molecule has 2 aromatic rings. The van der Waals surface area contributed by atoms with Gasteiger partial charge in [-0.3, -0.25) is 9.59 Å². The third-order valence-electron chi connectivity index (χ3n) is 3.91. The normalized spacial score (nSPS) is 17.0. The van der Waals surface area contributed by atoms with Crippen molar-refractivity contribution < 1.29 is 29.3 Å². The molecule has 1 heterocycles. The van der Waals surface area contributed by atoms with Crippen LogP contribution in [0.3, 0.4) is 0 Å². The number of aliphatic carboxylic acids is 2. The molecular formula is C18H19NO6S. The summed E-state index contributed by atoms with van der Waals surface area (Å²) >= 11 is 1.00. The summed E-state index contributed by atoms with van der Waals surface area (Å²) in [6.07, 6.45) is 0. The number of carboxylic acids is 2. The highest BCUT2D eigenvalue weighted by Gasteiger charge is 2.27. The maximum absolute atomic E-state index is 10.9. The van der Waals surface area contributed by atoms with Gasteiger partial charge >= 0.3 is 11.9 Å². The van der Waals surface area contributed by atoms with Crippen molar-refractivity contribution in [1.82, 2.24) is 5.32 Å². The standard InChI is InChI=1S/C14H14O3.C4H5NO3S/c1-9(14(15)16)10-3-4-12-8-13(17-2)6-5-11(12)7-10;6-3(7)2-1-9-4(8)5-2/h3-9H,1-2H3,(H,15,16);2H,1H2,(H,5,8)(H,6,7). The average molecular weight is 377 g/mol. The molecule has 8 heteroatoms. The smallest absolute Gasteiger partial charge is 0.327 e. The lowest BCUT2D eigenvalue weighted by Crippen LogP contribution is -2.33. The Balaban J connectivity index is 0.000000228. The van der Waals surface area contributed by atoms with Gasteiger partial charge in [-0.05, 0) is 35.4 Å². The van der Waals surface area contributed by atoms with E-state index in [0.29, 0.717) is 5.75 Å². The fourth-order valence-electron chi connectivity index (χ4n) is 2.30. The monoisotopic (exact) mass is 377 g/mol. The topological polar surface area (TPSA) is 113 Å². The molecule has 0 aromatic heterocycles. The van der Waals surface area contributed by atoms with Crippen LogP contribution >= 0.6 is 11.8 Å². The Morgan fingerprint density at radius 3 is 2.35 bits per heavy atom. The molecule has 1 saturated heterocycles. The second kappa shape index (κ2) is 8.57. The van der Waals surface area contributed by atoms with Gasteiger partial charge in [-0.1, -0.05) is 36.0 Å². The second-order valence-electron chi connectivity index (χ2n) is 5.67. The van der Waals surface area contributed by atoms with Crippen LogP contribution in [0, 0.1) is 0 Å². The Morgan fingerprint density at radius 2 is 1.85 bits per heavy atom. The summed E-state index contributed by atoms with van der Waals surface area (Å²) in [7, 11) is 1.63. The molecule has 2 atom stereocenters. The summed E-state index contributed by atoms with van der Waals surface area (Å²) in [5.41, 5.74) is 0.815. The Bertz CT molecular complexity index is 838. The van der Waals surface area contributed by atoms with Crippen LogP contribution in [0.4, 0.5) is 4.79 Å². The first kappa shape index (κ1) is 19.6. The molecule has 0 radical (unpaired) electrons. The van der Waals surface area contributed by atoms with Gasteiger partial charge in [0.25, 0.3) is 5.24 Å². The summed E-state index contributed by atoms with van der Waals surface area (Å²) in [4.78, 5) is 31.4. The lowest BCUT2D eigenvalue weighted by Gasteiger charge is -2.08. The van der Waals surface area contributed by atoms with E-state index >= 15 is 0 Å². The molecule has 1 aliphatic rings. The number of carbonyl (C=O) groups excluding carboxylic acids is 1. The first-order valence-corrected chi connectivity index (χ1v) is 8.77. The van der Waals surface area contributed by atoms with Crippen LogP contribution in [0.5, 0.6) is 5.75 Å². The lowest BCUT2D eigenvalue weighted by atomic mass is 9.98. The number of hydrogen-bond acceptors (Lipinski definition) is 5. The van der Waals surface area contributed by atoms with Gasteiger partial charge in [-0.15, -0.1) is 0 Å². The summed E-state index contributed by atoms with van der Waals surface area (Å²) in [5.74, 6) is -1.11. The number of carboxylic acid groups (broad SMARTS) is 2. The number of methoxy groups -OCH3 is 1. The zero-order valence-electron chi connectivity index (χ0n) is 14.3. The van der Waals surface area contributed by atoms with E-state index in [1.54, 1.807) is 14.0 Å². The van der Waals surface area contributed by atoms with Crippen LogP contribution in [0.2, 0.25) is 0 Å². The van der Waals surface area contributed by atoms with Crippen molar-refractivity contribution in [2.45, 2.75) is 18.9 Å². The number of ether oxygens (including phenoxy) is 1. The minimum absolute atomic E-state index is 0.248. The largest absolute Gasteiger partial charge is 0.497 e. The van der Waals surface area contributed by atoms with Crippen LogP contribution in [0.25, 0.3) is 10.8 Å². The molecule has 7 nitrogen and oxygen atoms in total. The summed E-state index contributed by atoms with van der Waals surface area (Å²) in [6.45, 7) is 1.69. The maximum atomic E-state index is 10.9. The molecule has 1 aliphatic heterocycles. The van der Waals surface area contributed by atoms with Crippen LogP contribution in [-0.2, 0) is 9.59 Å². The zero-order valence-corrected chi connectivity index (χ0v) is 15.1. The SMILES string of the molecule is COc1ccc2cc(C(C)C(=O)O)ccc2c1.O=C1NC(C(=O)O)CS1. The number of hydrogen-bond donors (Lipinski definition) is 3. The summed E-state index contributed by atoms with van der Waals surface area (Å²) in [6, 6.07) is 10.7. The van der Waals surface area contributed by atoms with Crippen molar-refractivity contribution in [3.8, 4) is 5.75 Å². The van der Waals surface area contributed by atoms with Crippen molar-refractivity contribution >= 4 is 39.7 Å². The molecule has 0 aliphatic carbocycles. The average Bonchev–Trinajstić information content (AvgIpc) is 3.07. The van der Waals surface area contributed by atoms with Crippen molar-refractivity contribution in [3.63, 3.8) is 0 Å². The molecule has 2 unspecified atom stereocenters. The quantitative estimate of drug-likeness (QED) is 0.751. The Labute approximate surface area is 154 Å². The Hall–Kier alpha value is -2.74. The Morgan fingerprint density at radius 1 is 1.19 bits per heavy atom. The number of benzene rings is 2. The molecule has 0 bridgehead atoms. The number of nitrogens with one attached hydrogen (secondary N) is 1. The number of amides is 1. The van der Waals surface area contributed by atoms with Crippen LogP contribution < -0.4 is 10.1 Å². The molecule has 2 aromatic carbocycles. The fourth-order valence-corrected chi connectivity index (χ4v) is 3.07. The number of thioether (sulfide) groups is 1. The van der Waals surface area contributed by atoms with E-state index in [1.807, 2.05) is 36.4 Å². The molecule has 0 saturated carbocycles. The van der Waals surface area contributed by atoms with E-state index in [9.17, 15) is 14.4 Å². The van der Waals surface area contributed by atoms with Gasteiger partial charge in [-0.2, -0.15) is 0 Å². The van der Waals surface area contributed by atoms with Crippen LogP contribution in [0.1, 0.15) is 18.4 Å². The molecule has 138 valence electrons. The molecule has 3 N–H and O–H groups in total. The predicted octanol–water partition coefficient (Wildman–Crippen LogP) is 2.93. The third kappa shape index (κ3) is 4.89. The van der Waals surface area contributed by atoms with Gasteiger partial charge in [0.1, 0.15) is 11.8 Å². The van der Waals surface area contributed by atoms with Crippen LogP contribution in [-0.4, -0.2) is 46.3 Å². The van der Waals surface area contributed by atoms with E-state index in [-0.39, 0.29) is 5.24 Å². The highest BCUT2D eigenvalue weighted by Crippen LogP contribution is 2.25. The van der Waals surface area contributed by atoms with Crippen molar-refractivity contribution in [1.29, 1.82) is 0 Å². The molecule has 0 spiro atoms. The number of carbonyl (C=O) groups is 3. The first-order chi connectivity index (χ1) is 12.3. The molecule has 26 heavy (non-hydrogen) atoms. The van der Waals surface area contributed by atoms with Crippen molar-refractivity contribution in [2.24, 2.45) is 0 Å². The van der Waals surface area contributed by atoms with Gasteiger partial charge in [0.2, 0.25) is 0 Å². The second-order valence-corrected chi connectivity index (χ2v) is 6.66. The van der Waals surface area contributed by atoms with E-state index in [0.717, 1.165) is 33.8 Å². The number of fused-ring (bicyclic) bond motifs is 1. The van der Waals surface area contributed by atoms with Crippen LogP contribution in [0.15, 0.2) is 36.4 Å². The lowest BCUT2D eigenvalue weighted by molar-refractivity contribution is -0.139. The van der Waals surface area contributed by atoms with E-state index < -0.39 is 23.9 Å². The fraction of sp³-hybridized carbons (Fsp3) is 0.278. The maximum Gasteiger partial charge on any atom is 0.327 e. The van der Waals surface area contributed by atoms with Gasteiger partial charge < -0.3 is 20.3 Å². The summed E-state index contributed by atoms with van der Waals surface area (Å²) in [5, 5.41) is 21.4. The van der Waals surface area contributed by atoms with E-state index in [1.165, 1.54) is 0 Å². The zero-order chi connectivity index (χ0) is 19.3. The van der Waals surface area contributed by atoms with E-state index in [2.05, 4.69) is 5.32 Å². The Kier molecular flexibility index (Phi) is 6.46. The van der Waals surface area contributed by atoms with Crippen molar-refractivity contribution in [2.75, 3.05) is 12.9 Å². The minimum atomic E-state index is -0.964. The molecule has 1 fully saturated rings. The minimum Gasteiger partial charge on any atom is -0.497 e. The van der Waals surface area contributed by atoms with Gasteiger partial charge in [-0.25, -0.2) is 4.79 Å². The van der Waals surface area contributed by atoms with Crippen molar-refractivity contribution in [3.05, 3.63) is 42.0 Å². The highest BCUT2D eigenvalue weighted by molar-refractivity contribution is 8.14. The highest BCUT2D eigenvalue weighted by atomic mass is 32.2. The van der Waals surface area contributed by atoms with E-state index in [4.69, 9.17) is 14.9 Å². The number of rotatable bonds is 4. The first-order valence-electron chi connectivity index (χ1n) is 7.78.